The van der Waals surface area contributed by atoms with Crippen LogP contribution in [0, 0.1) is 6.92 Å². The fourth-order valence-electron chi connectivity index (χ4n) is 2.64. The molecule has 0 radical (unpaired) electrons. The van der Waals surface area contributed by atoms with Gasteiger partial charge in [-0.15, -0.1) is 0 Å². The van der Waals surface area contributed by atoms with Crippen molar-refractivity contribution in [2.24, 2.45) is 0 Å². The normalized spacial score (nSPS) is 17.0. The summed E-state index contributed by atoms with van der Waals surface area (Å²) >= 11 is 0. The lowest BCUT2D eigenvalue weighted by atomic mass is 10.1. The van der Waals surface area contributed by atoms with Gasteiger partial charge in [-0.05, 0) is 43.5 Å². The van der Waals surface area contributed by atoms with Gasteiger partial charge in [0.25, 0.3) is 5.91 Å². The van der Waals surface area contributed by atoms with E-state index in [1.165, 1.54) is 0 Å². The maximum absolute atomic E-state index is 12.6. The van der Waals surface area contributed by atoms with E-state index in [1.807, 2.05) is 49.4 Å². The Hall–Kier alpha value is -2.33. The van der Waals surface area contributed by atoms with Gasteiger partial charge in [0.15, 0.2) is 0 Å². The lowest BCUT2D eigenvalue weighted by Gasteiger charge is -2.15. The highest BCUT2D eigenvalue weighted by Crippen LogP contribution is 2.22. The van der Waals surface area contributed by atoms with Crippen molar-refractivity contribution in [1.82, 2.24) is 0 Å². The molecule has 3 rings (SSSR count). The van der Waals surface area contributed by atoms with E-state index in [1.54, 1.807) is 6.07 Å². The highest BCUT2D eigenvalue weighted by molar-refractivity contribution is 6.06. The maximum atomic E-state index is 12.6. The van der Waals surface area contributed by atoms with Crippen molar-refractivity contribution in [3.63, 3.8) is 0 Å². The summed E-state index contributed by atoms with van der Waals surface area (Å²) in [4.78, 5) is 12.6. The topological polar surface area (TPSA) is 47.6 Å². The number of carbonyl (C=O) groups excluding carboxylic acids is 1. The van der Waals surface area contributed by atoms with Gasteiger partial charge in [0, 0.05) is 12.3 Å². The van der Waals surface area contributed by atoms with Crippen LogP contribution in [0.25, 0.3) is 0 Å². The van der Waals surface area contributed by atoms with Crippen LogP contribution in [0.5, 0.6) is 5.75 Å². The van der Waals surface area contributed by atoms with Crippen LogP contribution >= 0.6 is 0 Å². The summed E-state index contributed by atoms with van der Waals surface area (Å²) in [5.74, 6) is 0.427. The van der Waals surface area contributed by atoms with Crippen LogP contribution < -0.4 is 10.1 Å². The maximum Gasteiger partial charge on any atom is 0.259 e. The summed E-state index contributed by atoms with van der Waals surface area (Å²) < 4.78 is 11.4. The minimum atomic E-state index is -0.165. The minimum absolute atomic E-state index is 0.127. The van der Waals surface area contributed by atoms with Gasteiger partial charge in [-0.2, -0.15) is 0 Å². The summed E-state index contributed by atoms with van der Waals surface area (Å²) in [6.07, 6.45) is 2.21. The molecular formula is C19H21NO3. The Morgan fingerprint density at radius 3 is 2.78 bits per heavy atom. The van der Waals surface area contributed by atoms with Gasteiger partial charge < -0.3 is 14.8 Å². The zero-order valence-corrected chi connectivity index (χ0v) is 13.2. The Morgan fingerprint density at radius 2 is 2.00 bits per heavy atom. The largest absolute Gasteiger partial charge is 0.490 e. The summed E-state index contributed by atoms with van der Waals surface area (Å²) in [5, 5.41) is 2.94. The van der Waals surface area contributed by atoms with Gasteiger partial charge in [-0.3, -0.25) is 4.79 Å². The quantitative estimate of drug-likeness (QED) is 0.913. The molecule has 0 aliphatic carbocycles. The molecule has 1 saturated heterocycles. The number of anilines is 1. The third-order valence-electron chi connectivity index (χ3n) is 3.97. The van der Waals surface area contributed by atoms with E-state index in [9.17, 15) is 4.79 Å². The fourth-order valence-corrected chi connectivity index (χ4v) is 2.64. The molecule has 4 nitrogen and oxygen atoms in total. The second kappa shape index (κ2) is 7.29. The average molecular weight is 311 g/mol. The molecule has 0 saturated carbocycles. The summed E-state index contributed by atoms with van der Waals surface area (Å²) in [6.45, 7) is 3.24. The third-order valence-corrected chi connectivity index (χ3v) is 3.97. The van der Waals surface area contributed by atoms with E-state index in [-0.39, 0.29) is 12.0 Å². The molecule has 0 aromatic heterocycles. The molecule has 1 N–H and O–H groups in total. The smallest absolute Gasteiger partial charge is 0.259 e. The van der Waals surface area contributed by atoms with Gasteiger partial charge in [0.2, 0.25) is 0 Å². The van der Waals surface area contributed by atoms with Crippen LogP contribution in [0.4, 0.5) is 5.69 Å². The molecule has 1 aliphatic heterocycles. The highest BCUT2D eigenvalue weighted by Gasteiger charge is 2.18. The van der Waals surface area contributed by atoms with Gasteiger partial charge in [0.1, 0.15) is 12.4 Å². The van der Waals surface area contributed by atoms with Crippen LogP contribution in [0.3, 0.4) is 0 Å². The van der Waals surface area contributed by atoms with Gasteiger partial charge in [0.05, 0.1) is 11.7 Å². The lowest BCUT2D eigenvalue weighted by Crippen LogP contribution is -2.19. The molecule has 23 heavy (non-hydrogen) atoms. The van der Waals surface area contributed by atoms with E-state index in [4.69, 9.17) is 9.47 Å². The van der Waals surface area contributed by atoms with Crippen molar-refractivity contribution in [3.05, 3.63) is 59.7 Å². The summed E-state index contributed by atoms with van der Waals surface area (Å²) in [7, 11) is 0. The number of rotatable bonds is 5. The van der Waals surface area contributed by atoms with E-state index < -0.39 is 0 Å². The Balaban J connectivity index is 1.71. The van der Waals surface area contributed by atoms with E-state index in [0.29, 0.717) is 17.9 Å². The van der Waals surface area contributed by atoms with Crippen molar-refractivity contribution in [1.29, 1.82) is 0 Å². The first-order valence-corrected chi connectivity index (χ1v) is 7.94. The van der Waals surface area contributed by atoms with Crippen LogP contribution in [0.1, 0.15) is 28.8 Å². The molecule has 0 unspecified atom stereocenters. The van der Waals surface area contributed by atoms with E-state index in [2.05, 4.69) is 5.32 Å². The molecular weight excluding hydrogens is 290 g/mol. The predicted molar refractivity (Wildman–Crippen MR) is 90.0 cm³/mol. The number of ether oxygens (including phenoxy) is 2. The first-order chi connectivity index (χ1) is 11.2. The highest BCUT2D eigenvalue weighted by atomic mass is 16.5. The SMILES string of the molecule is Cc1ccccc1NC(=O)c1ccccc1OC[C@@H]1CCCO1. The zero-order chi connectivity index (χ0) is 16.1. The Morgan fingerprint density at radius 1 is 1.22 bits per heavy atom. The van der Waals surface area contributed by atoms with Crippen molar-refractivity contribution in [3.8, 4) is 5.75 Å². The standard InChI is InChI=1S/C19H21NO3/c1-14-7-2-4-10-17(14)20-19(21)16-9-3-5-11-18(16)23-13-15-8-6-12-22-15/h2-5,7,9-11,15H,6,8,12-13H2,1H3,(H,20,21)/t15-/m0/s1. The molecule has 120 valence electrons. The lowest BCUT2D eigenvalue weighted by molar-refractivity contribution is 0.0673. The molecule has 1 heterocycles. The molecule has 2 aromatic rings. The molecule has 4 heteroatoms. The zero-order valence-electron chi connectivity index (χ0n) is 13.2. The van der Waals surface area contributed by atoms with Gasteiger partial charge in [-0.1, -0.05) is 30.3 Å². The second-order valence-electron chi connectivity index (χ2n) is 5.71. The molecule has 1 atom stereocenters. The summed E-state index contributed by atoms with van der Waals surface area (Å²) in [6, 6.07) is 15.0. The van der Waals surface area contributed by atoms with Crippen LogP contribution in [0.15, 0.2) is 48.5 Å². The molecule has 0 spiro atoms. The van der Waals surface area contributed by atoms with Crippen LogP contribution in [0.2, 0.25) is 0 Å². The van der Waals surface area contributed by atoms with Crippen LogP contribution in [-0.2, 0) is 4.74 Å². The number of hydrogen-bond donors (Lipinski definition) is 1. The molecule has 1 fully saturated rings. The van der Waals surface area contributed by atoms with Gasteiger partial charge in [-0.25, -0.2) is 0 Å². The fraction of sp³-hybridized carbons (Fsp3) is 0.316. The van der Waals surface area contributed by atoms with Crippen molar-refractivity contribution >= 4 is 11.6 Å². The van der Waals surface area contributed by atoms with Crippen molar-refractivity contribution in [2.45, 2.75) is 25.9 Å². The number of hydrogen-bond acceptors (Lipinski definition) is 3. The first kappa shape index (κ1) is 15.6. The Bertz CT molecular complexity index is 678. The van der Waals surface area contributed by atoms with E-state index >= 15 is 0 Å². The third kappa shape index (κ3) is 3.90. The predicted octanol–water partition coefficient (Wildman–Crippen LogP) is 3.81. The monoisotopic (exact) mass is 311 g/mol. The van der Waals surface area contributed by atoms with Gasteiger partial charge >= 0.3 is 0 Å². The molecule has 1 aliphatic rings. The average Bonchev–Trinajstić information content (AvgIpc) is 3.09. The Kier molecular flexibility index (Phi) is 4.93. The van der Waals surface area contributed by atoms with E-state index in [0.717, 1.165) is 30.7 Å². The minimum Gasteiger partial charge on any atom is -0.490 e. The molecule has 2 aromatic carbocycles. The number of aryl methyl sites for hydroxylation is 1. The number of benzene rings is 2. The number of amides is 1. The first-order valence-electron chi connectivity index (χ1n) is 7.94. The number of carbonyl (C=O) groups is 1. The van der Waals surface area contributed by atoms with Crippen LogP contribution in [-0.4, -0.2) is 25.2 Å². The summed E-state index contributed by atoms with van der Waals surface area (Å²) in [5.41, 5.74) is 2.37. The Labute approximate surface area is 136 Å². The number of nitrogens with one attached hydrogen (secondary N) is 1. The molecule has 0 bridgehead atoms. The van der Waals surface area contributed by atoms with Crippen molar-refractivity contribution < 1.29 is 14.3 Å². The number of para-hydroxylation sites is 2. The molecule has 1 amide bonds. The second-order valence-corrected chi connectivity index (χ2v) is 5.71. The van der Waals surface area contributed by atoms with Crippen molar-refractivity contribution in [2.75, 3.05) is 18.5 Å².